The lowest BCUT2D eigenvalue weighted by molar-refractivity contribution is 0.415. The molecule has 0 unspecified atom stereocenters. The van der Waals surface area contributed by atoms with Gasteiger partial charge in [-0.25, -0.2) is 0 Å². The van der Waals surface area contributed by atoms with Crippen molar-refractivity contribution < 1.29 is 4.74 Å². The Morgan fingerprint density at radius 2 is 2.26 bits per heavy atom. The number of methoxy groups -OCH3 is 1. The zero-order valence-electron chi connectivity index (χ0n) is 11.3. The predicted octanol–water partition coefficient (Wildman–Crippen LogP) is 1.94. The Morgan fingerprint density at radius 1 is 1.47 bits per heavy atom. The molecule has 2 rings (SSSR count). The first-order chi connectivity index (χ1) is 9.13. The SMILES string of the molecule is COc1ccc(C#N)c(N(C)Cc2cnn(C)c2)c1. The Kier molecular flexibility index (Phi) is 3.71. The molecule has 5 nitrogen and oxygen atoms in total. The van der Waals surface area contributed by atoms with Gasteiger partial charge in [-0.2, -0.15) is 10.4 Å². The monoisotopic (exact) mass is 256 g/mol. The van der Waals surface area contributed by atoms with Crippen molar-refractivity contribution in [3.05, 3.63) is 41.7 Å². The normalized spacial score (nSPS) is 10.0. The highest BCUT2D eigenvalue weighted by Gasteiger charge is 2.10. The summed E-state index contributed by atoms with van der Waals surface area (Å²) in [6.45, 7) is 0.690. The fourth-order valence-corrected chi connectivity index (χ4v) is 1.96. The zero-order chi connectivity index (χ0) is 13.8. The third kappa shape index (κ3) is 2.86. The van der Waals surface area contributed by atoms with Gasteiger partial charge >= 0.3 is 0 Å². The van der Waals surface area contributed by atoms with Gasteiger partial charge in [0.25, 0.3) is 0 Å². The third-order valence-corrected chi connectivity index (χ3v) is 2.91. The molecule has 1 aromatic carbocycles. The molecular formula is C14H16N4O. The van der Waals surface area contributed by atoms with Crippen molar-refractivity contribution in [1.29, 1.82) is 5.26 Å². The van der Waals surface area contributed by atoms with E-state index >= 15 is 0 Å². The molecule has 98 valence electrons. The molecule has 5 heteroatoms. The second kappa shape index (κ2) is 5.44. The first-order valence-corrected chi connectivity index (χ1v) is 5.91. The van der Waals surface area contributed by atoms with E-state index in [1.54, 1.807) is 23.9 Å². The van der Waals surface area contributed by atoms with Gasteiger partial charge < -0.3 is 9.64 Å². The molecule has 1 heterocycles. The standard InChI is InChI=1S/C14H16N4O/c1-17(9-11-8-16-18(2)10-11)14-6-13(19-3)5-4-12(14)7-15/h4-6,8,10H,9H2,1-3H3. The number of nitrogens with zero attached hydrogens (tertiary/aromatic N) is 4. The first kappa shape index (κ1) is 13.0. The molecule has 2 aromatic rings. The predicted molar refractivity (Wildman–Crippen MR) is 73.0 cm³/mol. The van der Waals surface area contributed by atoms with E-state index in [2.05, 4.69) is 11.2 Å². The molecule has 0 radical (unpaired) electrons. The van der Waals surface area contributed by atoms with Crippen molar-refractivity contribution >= 4 is 5.69 Å². The van der Waals surface area contributed by atoms with Crippen LogP contribution in [0.1, 0.15) is 11.1 Å². The van der Waals surface area contributed by atoms with Crippen molar-refractivity contribution in [2.45, 2.75) is 6.54 Å². The number of benzene rings is 1. The van der Waals surface area contributed by atoms with E-state index in [1.165, 1.54) is 0 Å². The minimum Gasteiger partial charge on any atom is -0.497 e. The van der Waals surface area contributed by atoms with Gasteiger partial charge in [0, 0.05) is 38.5 Å². The second-order valence-electron chi connectivity index (χ2n) is 4.37. The van der Waals surface area contributed by atoms with E-state index in [9.17, 15) is 0 Å². The van der Waals surface area contributed by atoms with Gasteiger partial charge in [0.1, 0.15) is 11.8 Å². The Labute approximate surface area is 112 Å². The largest absolute Gasteiger partial charge is 0.497 e. The quantitative estimate of drug-likeness (QED) is 0.838. The van der Waals surface area contributed by atoms with Crippen LogP contribution in [0, 0.1) is 11.3 Å². The number of ether oxygens (including phenoxy) is 1. The van der Waals surface area contributed by atoms with E-state index in [-0.39, 0.29) is 0 Å². The molecule has 0 N–H and O–H groups in total. The van der Waals surface area contributed by atoms with Gasteiger partial charge in [0.2, 0.25) is 0 Å². The average Bonchev–Trinajstić information content (AvgIpc) is 2.83. The minimum absolute atomic E-state index is 0.632. The number of rotatable bonds is 4. The second-order valence-corrected chi connectivity index (χ2v) is 4.37. The summed E-state index contributed by atoms with van der Waals surface area (Å²) in [5, 5.41) is 13.3. The van der Waals surface area contributed by atoms with Gasteiger partial charge in [-0.3, -0.25) is 4.68 Å². The Hall–Kier alpha value is -2.48. The molecule has 19 heavy (non-hydrogen) atoms. The van der Waals surface area contributed by atoms with E-state index in [0.29, 0.717) is 12.1 Å². The van der Waals surface area contributed by atoms with Crippen LogP contribution < -0.4 is 9.64 Å². The van der Waals surface area contributed by atoms with E-state index in [0.717, 1.165) is 17.0 Å². The van der Waals surface area contributed by atoms with Crippen molar-refractivity contribution in [1.82, 2.24) is 9.78 Å². The number of aromatic nitrogens is 2. The van der Waals surface area contributed by atoms with Gasteiger partial charge in [0.05, 0.1) is 24.6 Å². The highest BCUT2D eigenvalue weighted by atomic mass is 16.5. The number of hydrogen-bond donors (Lipinski definition) is 0. The fraction of sp³-hybridized carbons (Fsp3) is 0.286. The number of nitriles is 1. The molecule has 0 saturated carbocycles. The van der Waals surface area contributed by atoms with Crippen LogP contribution >= 0.6 is 0 Å². The van der Waals surface area contributed by atoms with E-state index < -0.39 is 0 Å². The van der Waals surface area contributed by atoms with E-state index in [1.807, 2.05) is 37.5 Å². The maximum absolute atomic E-state index is 9.17. The summed E-state index contributed by atoms with van der Waals surface area (Å²) in [6, 6.07) is 7.63. The van der Waals surface area contributed by atoms with Crippen LogP contribution in [0.15, 0.2) is 30.6 Å². The molecule has 0 aliphatic carbocycles. The molecule has 0 spiro atoms. The Morgan fingerprint density at radius 3 is 2.84 bits per heavy atom. The number of anilines is 1. The van der Waals surface area contributed by atoms with Crippen LogP contribution in [0.2, 0.25) is 0 Å². The molecule has 0 fully saturated rings. The van der Waals surface area contributed by atoms with Gasteiger partial charge in [0.15, 0.2) is 0 Å². The summed E-state index contributed by atoms with van der Waals surface area (Å²) in [5.41, 5.74) is 2.58. The van der Waals surface area contributed by atoms with Crippen LogP contribution in [0.3, 0.4) is 0 Å². The summed E-state index contributed by atoms with van der Waals surface area (Å²) < 4.78 is 6.97. The van der Waals surface area contributed by atoms with Gasteiger partial charge in [-0.1, -0.05) is 0 Å². The van der Waals surface area contributed by atoms with Crippen molar-refractivity contribution in [2.24, 2.45) is 7.05 Å². The lowest BCUT2D eigenvalue weighted by Gasteiger charge is -2.20. The number of hydrogen-bond acceptors (Lipinski definition) is 4. The van der Waals surface area contributed by atoms with Crippen molar-refractivity contribution in [3.8, 4) is 11.8 Å². The molecule has 1 aromatic heterocycles. The van der Waals surface area contributed by atoms with Crippen LogP contribution in [0.5, 0.6) is 5.75 Å². The molecule has 0 amide bonds. The summed E-state index contributed by atoms with van der Waals surface area (Å²) in [4.78, 5) is 2.01. The van der Waals surface area contributed by atoms with Crippen molar-refractivity contribution in [3.63, 3.8) is 0 Å². The van der Waals surface area contributed by atoms with Crippen LogP contribution in [-0.2, 0) is 13.6 Å². The summed E-state index contributed by atoms with van der Waals surface area (Å²) >= 11 is 0. The van der Waals surface area contributed by atoms with Gasteiger partial charge in [-0.15, -0.1) is 0 Å². The fourth-order valence-electron chi connectivity index (χ4n) is 1.96. The topological polar surface area (TPSA) is 54.1 Å². The molecule has 0 atom stereocenters. The molecule has 0 aliphatic heterocycles. The van der Waals surface area contributed by atoms with Crippen molar-refractivity contribution in [2.75, 3.05) is 19.1 Å². The molecule has 0 aliphatic rings. The zero-order valence-corrected chi connectivity index (χ0v) is 11.3. The molecule has 0 bridgehead atoms. The maximum atomic E-state index is 9.17. The molecular weight excluding hydrogens is 240 g/mol. The van der Waals surface area contributed by atoms with E-state index in [4.69, 9.17) is 10.00 Å². The number of aryl methyl sites for hydroxylation is 1. The summed E-state index contributed by atoms with van der Waals surface area (Å²) in [5.74, 6) is 0.743. The summed E-state index contributed by atoms with van der Waals surface area (Å²) in [6.07, 6.45) is 3.78. The minimum atomic E-state index is 0.632. The Bertz CT molecular complexity index is 612. The van der Waals surface area contributed by atoms with Gasteiger partial charge in [-0.05, 0) is 12.1 Å². The maximum Gasteiger partial charge on any atom is 0.121 e. The average molecular weight is 256 g/mol. The first-order valence-electron chi connectivity index (χ1n) is 5.91. The van der Waals surface area contributed by atoms with Crippen LogP contribution in [-0.4, -0.2) is 23.9 Å². The lowest BCUT2D eigenvalue weighted by Crippen LogP contribution is -2.17. The Balaban J connectivity index is 2.27. The summed E-state index contributed by atoms with van der Waals surface area (Å²) in [7, 11) is 5.45. The highest BCUT2D eigenvalue weighted by molar-refractivity contribution is 5.61. The third-order valence-electron chi connectivity index (χ3n) is 2.91. The van der Waals surface area contributed by atoms with Crippen LogP contribution in [0.4, 0.5) is 5.69 Å². The smallest absolute Gasteiger partial charge is 0.121 e. The highest BCUT2D eigenvalue weighted by Crippen LogP contribution is 2.25. The lowest BCUT2D eigenvalue weighted by atomic mass is 10.1. The molecule has 0 saturated heterocycles. The van der Waals surface area contributed by atoms with Crippen LogP contribution in [0.25, 0.3) is 0 Å².